The number of anilines is 2. The summed E-state index contributed by atoms with van der Waals surface area (Å²) < 4.78 is 28.7. The molecule has 3 aromatic carbocycles. The molecule has 1 heterocycles. The van der Waals surface area contributed by atoms with Crippen molar-refractivity contribution in [3.05, 3.63) is 82.9 Å². The van der Waals surface area contributed by atoms with Crippen molar-refractivity contribution >= 4 is 59.9 Å². The number of amides is 1. The summed E-state index contributed by atoms with van der Waals surface area (Å²) in [6, 6.07) is 18.0. The van der Waals surface area contributed by atoms with Crippen molar-refractivity contribution in [1.82, 2.24) is 4.98 Å². The first-order chi connectivity index (χ1) is 14.3. The van der Waals surface area contributed by atoms with Gasteiger partial charge in [0.25, 0.3) is 15.9 Å². The Morgan fingerprint density at radius 1 is 1.00 bits per heavy atom. The molecule has 0 atom stereocenters. The largest absolute Gasteiger partial charge is 0.298 e. The van der Waals surface area contributed by atoms with Crippen molar-refractivity contribution in [3.63, 3.8) is 0 Å². The van der Waals surface area contributed by atoms with E-state index >= 15 is 0 Å². The van der Waals surface area contributed by atoms with Crippen LogP contribution < -0.4 is 10.0 Å². The number of fused-ring (bicyclic) bond motifs is 1. The van der Waals surface area contributed by atoms with Crippen molar-refractivity contribution in [2.75, 3.05) is 10.0 Å². The average molecular weight is 458 g/mol. The van der Waals surface area contributed by atoms with E-state index < -0.39 is 15.9 Å². The molecular weight excluding hydrogens is 442 g/mol. The summed E-state index contributed by atoms with van der Waals surface area (Å²) in [6.45, 7) is 1.86. The summed E-state index contributed by atoms with van der Waals surface area (Å²) in [5.41, 5.74) is 1.92. The van der Waals surface area contributed by atoms with Crippen LogP contribution in [-0.4, -0.2) is 19.3 Å². The Balaban J connectivity index is 1.62. The number of hydrogen-bond donors (Lipinski definition) is 2. The van der Waals surface area contributed by atoms with E-state index in [1.807, 2.05) is 13.0 Å². The summed E-state index contributed by atoms with van der Waals surface area (Å²) in [5.74, 6) is -0.468. The Labute approximate surface area is 182 Å². The number of benzene rings is 3. The second-order valence-electron chi connectivity index (χ2n) is 6.46. The molecule has 0 saturated heterocycles. The van der Waals surface area contributed by atoms with E-state index in [-0.39, 0.29) is 16.1 Å². The Bertz CT molecular complexity index is 1350. The Morgan fingerprint density at radius 2 is 1.70 bits per heavy atom. The third-order valence-corrected chi connectivity index (χ3v) is 7.16. The lowest BCUT2D eigenvalue weighted by Gasteiger charge is -2.12. The maximum atomic E-state index is 12.9. The van der Waals surface area contributed by atoms with Crippen LogP contribution in [0.1, 0.15) is 15.9 Å². The van der Waals surface area contributed by atoms with Gasteiger partial charge in [0.05, 0.1) is 26.4 Å². The number of nitrogens with one attached hydrogen (secondary N) is 2. The zero-order valence-electron chi connectivity index (χ0n) is 15.7. The monoisotopic (exact) mass is 457 g/mol. The fourth-order valence-corrected chi connectivity index (χ4v) is 5.07. The highest BCUT2D eigenvalue weighted by atomic mass is 35.5. The predicted octanol–water partition coefficient (Wildman–Crippen LogP) is 5.31. The molecule has 0 bridgehead atoms. The van der Waals surface area contributed by atoms with Crippen LogP contribution in [0.3, 0.4) is 0 Å². The molecular formula is C21H16ClN3O3S2. The van der Waals surface area contributed by atoms with Gasteiger partial charge in [0.1, 0.15) is 0 Å². The van der Waals surface area contributed by atoms with E-state index in [0.29, 0.717) is 10.2 Å². The highest BCUT2D eigenvalue weighted by molar-refractivity contribution is 7.92. The standard InChI is InChI=1S/C21H16ClN3O3S2/c1-13-16(22)11-12-18-19(13)23-21(29-18)24-20(26)15-9-5-6-10-17(15)25-30(27,28)14-7-3-2-4-8-14/h2-12,25H,1H3,(H,23,24,26). The van der Waals surface area contributed by atoms with Gasteiger partial charge in [0, 0.05) is 5.02 Å². The quantitative estimate of drug-likeness (QED) is 0.425. The first kappa shape index (κ1) is 20.3. The normalized spacial score (nSPS) is 11.4. The molecule has 1 aromatic heterocycles. The van der Waals surface area contributed by atoms with Crippen molar-refractivity contribution in [2.45, 2.75) is 11.8 Å². The molecule has 9 heteroatoms. The van der Waals surface area contributed by atoms with Gasteiger partial charge in [-0.2, -0.15) is 0 Å². The predicted molar refractivity (Wildman–Crippen MR) is 121 cm³/mol. The molecule has 152 valence electrons. The smallest absolute Gasteiger partial charge is 0.261 e. The molecule has 30 heavy (non-hydrogen) atoms. The van der Waals surface area contributed by atoms with Crippen LogP contribution in [0.2, 0.25) is 5.02 Å². The van der Waals surface area contributed by atoms with Crippen molar-refractivity contribution in [2.24, 2.45) is 0 Å². The van der Waals surface area contributed by atoms with E-state index in [0.717, 1.165) is 15.8 Å². The highest BCUT2D eigenvalue weighted by Crippen LogP contribution is 2.32. The van der Waals surface area contributed by atoms with Crippen LogP contribution in [0.4, 0.5) is 10.8 Å². The van der Waals surface area contributed by atoms with Crippen LogP contribution in [0, 0.1) is 6.92 Å². The molecule has 4 rings (SSSR count). The lowest BCUT2D eigenvalue weighted by molar-refractivity contribution is 0.102. The van der Waals surface area contributed by atoms with E-state index in [1.54, 1.807) is 42.5 Å². The van der Waals surface area contributed by atoms with E-state index in [9.17, 15) is 13.2 Å². The van der Waals surface area contributed by atoms with Gasteiger partial charge < -0.3 is 0 Å². The molecule has 0 spiro atoms. The maximum absolute atomic E-state index is 12.9. The molecule has 0 aliphatic heterocycles. The number of carbonyl (C=O) groups excluding carboxylic acids is 1. The number of nitrogens with zero attached hydrogens (tertiary/aromatic N) is 1. The fourth-order valence-electron chi connectivity index (χ4n) is 2.89. The van der Waals surface area contributed by atoms with Crippen molar-refractivity contribution in [3.8, 4) is 0 Å². The van der Waals surface area contributed by atoms with E-state index in [4.69, 9.17) is 11.6 Å². The zero-order chi connectivity index (χ0) is 21.3. The molecule has 0 fully saturated rings. The molecule has 0 radical (unpaired) electrons. The summed E-state index contributed by atoms with van der Waals surface area (Å²) in [5, 5.41) is 3.76. The Kier molecular flexibility index (Phi) is 5.46. The summed E-state index contributed by atoms with van der Waals surface area (Å²) >= 11 is 7.46. The molecule has 2 N–H and O–H groups in total. The molecule has 1 amide bonds. The van der Waals surface area contributed by atoms with Gasteiger partial charge in [-0.15, -0.1) is 0 Å². The number of sulfonamides is 1. The number of aromatic nitrogens is 1. The first-order valence-electron chi connectivity index (χ1n) is 8.89. The lowest BCUT2D eigenvalue weighted by atomic mass is 10.2. The van der Waals surface area contributed by atoms with Gasteiger partial charge in [-0.3, -0.25) is 14.8 Å². The van der Waals surface area contributed by atoms with Crippen LogP contribution in [0.5, 0.6) is 0 Å². The number of para-hydroxylation sites is 1. The molecule has 0 unspecified atom stereocenters. The number of halogens is 1. The van der Waals surface area contributed by atoms with Gasteiger partial charge in [0.2, 0.25) is 0 Å². The first-order valence-corrected chi connectivity index (χ1v) is 11.6. The minimum Gasteiger partial charge on any atom is -0.298 e. The number of hydrogen-bond acceptors (Lipinski definition) is 5. The molecule has 4 aromatic rings. The minimum absolute atomic E-state index is 0.110. The van der Waals surface area contributed by atoms with Gasteiger partial charge in [-0.05, 0) is 48.9 Å². The van der Waals surface area contributed by atoms with E-state index in [2.05, 4.69) is 15.0 Å². The molecule has 0 aliphatic rings. The van der Waals surface area contributed by atoms with Crippen molar-refractivity contribution in [1.29, 1.82) is 0 Å². The second-order valence-corrected chi connectivity index (χ2v) is 9.58. The zero-order valence-corrected chi connectivity index (χ0v) is 18.1. The Morgan fingerprint density at radius 3 is 2.47 bits per heavy atom. The number of thiazole rings is 1. The molecule has 6 nitrogen and oxygen atoms in total. The molecule has 0 saturated carbocycles. The number of carbonyl (C=O) groups is 1. The topological polar surface area (TPSA) is 88.2 Å². The van der Waals surface area contributed by atoms with E-state index in [1.165, 1.54) is 29.5 Å². The van der Waals surface area contributed by atoms with Crippen LogP contribution in [-0.2, 0) is 10.0 Å². The SMILES string of the molecule is Cc1c(Cl)ccc2sc(NC(=O)c3ccccc3NS(=O)(=O)c3ccccc3)nc12. The number of aryl methyl sites for hydroxylation is 1. The summed E-state index contributed by atoms with van der Waals surface area (Å²) in [7, 11) is -3.83. The fraction of sp³-hybridized carbons (Fsp3) is 0.0476. The van der Waals surface area contributed by atoms with Gasteiger partial charge in [-0.25, -0.2) is 13.4 Å². The Hall–Kier alpha value is -2.94. The third-order valence-electron chi connectivity index (χ3n) is 4.44. The van der Waals surface area contributed by atoms with Gasteiger partial charge in [0.15, 0.2) is 5.13 Å². The lowest BCUT2D eigenvalue weighted by Crippen LogP contribution is -2.18. The maximum Gasteiger partial charge on any atom is 0.261 e. The van der Waals surface area contributed by atoms with Crippen LogP contribution in [0.15, 0.2) is 71.6 Å². The summed E-state index contributed by atoms with van der Waals surface area (Å²) in [6.07, 6.45) is 0. The van der Waals surface area contributed by atoms with Gasteiger partial charge >= 0.3 is 0 Å². The van der Waals surface area contributed by atoms with Crippen LogP contribution in [0.25, 0.3) is 10.2 Å². The van der Waals surface area contributed by atoms with Crippen LogP contribution >= 0.6 is 22.9 Å². The molecule has 0 aliphatic carbocycles. The minimum atomic E-state index is -3.83. The summed E-state index contributed by atoms with van der Waals surface area (Å²) in [4.78, 5) is 17.4. The average Bonchev–Trinajstić information content (AvgIpc) is 3.15. The third kappa shape index (κ3) is 4.02. The number of rotatable bonds is 5. The van der Waals surface area contributed by atoms with Crippen molar-refractivity contribution < 1.29 is 13.2 Å². The second kappa shape index (κ2) is 8.06. The highest BCUT2D eigenvalue weighted by Gasteiger charge is 2.19. The van der Waals surface area contributed by atoms with Gasteiger partial charge in [-0.1, -0.05) is 53.3 Å².